The fourth-order valence-electron chi connectivity index (χ4n) is 2.09. The van der Waals surface area contributed by atoms with Crippen molar-refractivity contribution in [2.75, 3.05) is 6.61 Å². The maximum atomic E-state index is 12.8. The lowest BCUT2D eigenvalue weighted by molar-refractivity contribution is -0.153. The summed E-state index contributed by atoms with van der Waals surface area (Å²) in [7, 11) is -2.29. The van der Waals surface area contributed by atoms with Crippen molar-refractivity contribution >= 4 is 21.8 Å². The number of halogens is 3. The van der Waals surface area contributed by atoms with Crippen LogP contribution in [0, 0.1) is 6.92 Å². The van der Waals surface area contributed by atoms with Gasteiger partial charge in [0.1, 0.15) is 5.75 Å². The third-order valence-electron chi connectivity index (χ3n) is 3.28. The molecule has 2 heterocycles. The van der Waals surface area contributed by atoms with Crippen LogP contribution in [0.15, 0.2) is 41.7 Å². The summed E-state index contributed by atoms with van der Waals surface area (Å²) in [5.74, 6) is -0.178. The van der Waals surface area contributed by atoms with Crippen LogP contribution in [0.4, 0.5) is 13.2 Å². The Balaban J connectivity index is 1.95. The van der Waals surface area contributed by atoms with Crippen molar-refractivity contribution in [1.82, 2.24) is 15.0 Å². The SMILES string of the molecule is [2H]C([2H])(c1nccc(OCC(F)(F)F)c1C)S(=O)c1nc2ccccc2[nH]1. The summed E-state index contributed by atoms with van der Waals surface area (Å²) in [6, 6.07) is 8.06. The van der Waals surface area contributed by atoms with Gasteiger partial charge in [-0.1, -0.05) is 12.1 Å². The number of hydrogen-bond acceptors (Lipinski definition) is 4. The minimum absolute atomic E-state index is 0.0382. The number of nitrogens with zero attached hydrogens (tertiary/aromatic N) is 2. The van der Waals surface area contributed by atoms with E-state index in [2.05, 4.69) is 15.0 Å². The Hall–Kier alpha value is -2.42. The van der Waals surface area contributed by atoms with E-state index in [0.717, 1.165) is 6.20 Å². The lowest BCUT2D eigenvalue weighted by atomic mass is 10.2. The number of hydrogen-bond donors (Lipinski definition) is 1. The number of imidazole rings is 1. The molecule has 1 aromatic carbocycles. The Morgan fingerprint density at radius 3 is 2.80 bits per heavy atom. The molecule has 1 N–H and O–H groups in total. The minimum atomic E-state index is -4.54. The Morgan fingerprint density at radius 1 is 1.32 bits per heavy atom. The van der Waals surface area contributed by atoms with Gasteiger partial charge in [-0.25, -0.2) is 4.98 Å². The normalized spacial score (nSPS) is 14.9. The molecule has 0 bridgehead atoms. The third kappa shape index (κ3) is 4.16. The van der Waals surface area contributed by atoms with Crippen LogP contribution in [0.1, 0.15) is 14.0 Å². The number of aromatic amines is 1. The number of H-pyrrole nitrogens is 1. The van der Waals surface area contributed by atoms with Gasteiger partial charge in [-0.2, -0.15) is 13.2 Å². The van der Waals surface area contributed by atoms with Gasteiger partial charge in [0, 0.05) is 14.5 Å². The first kappa shape index (κ1) is 14.9. The van der Waals surface area contributed by atoms with Crippen molar-refractivity contribution in [2.24, 2.45) is 0 Å². The number of benzene rings is 1. The molecular formula is C16H14F3N3O2S. The topological polar surface area (TPSA) is 67.9 Å². The summed E-state index contributed by atoms with van der Waals surface area (Å²) in [6.45, 7) is -0.158. The zero-order valence-electron chi connectivity index (χ0n) is 14.9. The summed E-state index contributed by atoms with van der Waals surface area (Å²) in [6.07, 6.45) is -3.42. The molecule has 2 aromatic heterocycles. The molecule has 0 radical (unpaired) electrons. The molecular weight excluding hydrogens is 355 g/mol. The van der Waals surface area contributed by atoms with Gasteiger partial charge in [0.15, 0.2) is 11.8 Å². The fourth-order valence-corrected chi connectivity index (χ4v) is 2.95. The molecule has 132 valence electrons. The standard InChI is InChI=1S/C16H14F3N3O2S/c1-10-13(20-7-6-14(10)24-9-16(17,18)19)8-25(23)15-21-11-4-2-3-5-12(11)22-15/h2-7H,8-9H2,1H3,(H,21,22)/i8D2. The van der Waals surface area contributed by atoms with Crippen LogP contribution in [-0.4, -0.2) is 31.9 Å². The van der Waals surface area contributed by atoms with Gasteiger partial charge >= 0.3 is 6.18 Å². The van der Waals surface area contributed by atoms with E-state index < -0.39 is 29.3 Å². The Morgan fingerprint density at radius 2 is 2.08 bits per heavy atom. The average Bonchev–Trinajstić information content (AvgIpc) is 3.03. The number of fused-ring (bicyclic) bond motifs is 1. The van der Waals surface area contributed by atoms with E-state index in [4.69, 9.17) is 7.48 Å². The Kier molecular flexibility index (Phi) is 4.07. The molecule has 1 atom stereocenters. The third-order valence-corrected chi connectivity index (χ3v) is 4.20. The molecule has 3 rings (SSSR count). The molecule has 9 heteroatoms. The number of nitrogens with one attached hydrogen (secondary N) is 1. The molecule has 0 amide bonds. The maximum Gasteiger partial charge on any atom is 0.422 e. The summed E-state index contributed by atoms with van der Waals surface area (Å²) in [5, 5.41) is -0.0935. The lowest BCUT2D eigenvalue weighted by Gasteiger charge is -2.13. The maximum absolute atomic E-state index is 12.8. The molecule has 0 spiro atoms. The highest BCUT2D eigenvalue weighted by molar-refractivity contribution is 7.84. The molecule has 25 heavy (non-hydrogen) atoms. The first-order valence-corrected chi connectivity index (χ1v) is 8.27. The molecule has 5 nitrogen and oxygen atoms in total. The van der Waals surface area contributed by atoms with Gasteiger partial charge in [0.05, 0.1) is 33.2 Å². The summed E-state index contributed by atoms with van der Waals surface area (Å²) >= 11 is 0. The van der Waals surface area contributed by atoms with Crippen LogP contribution < -0.4 is 4.74 Å². The highest BCUT2D eigenvalue weighted by Gasteiger charge is 2.29. The van der Waals surface area contributed by atoms with E-state index in [1.165, 1.54) is 13.0 Å². The number of rotatable bonds is 5. The lowest BCUT2D eigenvalue weighted by Crippen LogP contribution is -2.19. The van der Waals surface area contributed by atoms with Gasteiger partial charge in [-0.05, 0) is 25.1 Å². The summed E-state index contributed by atoms with van der Waals surface area (Å²) in [4.78, 5) is 10.8. The fraction of sp³-hybridized carbons (Fsp3) is 0.250. The van der Waals surface area contributed by atoms with Gasteiger partial charge in [0.25, 0.3) is 0 Å². The van der Waals surface area contributed by atoms with Crippen molar-refractivity contribution in [3.63, 3.8) is 0 Å². The molecule has 3 aromatic rings. The highest BCUT2D eigenvalue weighted by atomic mass is 32.2. The molecule has 0 saturated carbocycles. The second kappa shape index (κ2) is 6.83. The zero-order chi connectivity index (χ0) is 19.8. The molecule has 0 aliphatic carbocycles. The van der Waals surface area contributed by atoms with E-state index in [1.54, 1.807) is 24.3 Å². The van der Waals surface area contributed by atoms with Crippen LogP contribution in [0.25, 0.3) is 11.0 Å². The van der Waals surface area contributed by atoms with Crippen LogP contribution in [0.3, 0.4) is 0 Å². The predicted molar refractivity (Wildman–Crippen MR) is 86.7 cm³/mol. The number of alkyl halides is 3. The van der Waals surface area contributed by atoms with Gasteiger partial charge in [0.2, 0.25) is 0 Å². The molecule has 0 fully saturated rings. The minimum Gasteiger partial charge on any atom is -0.484 e. The van der Waals surface area contributed by atoms with E-state index in [9.17, 15) is 17.4 Å². The van der Waals surface area contributed by atoms with E-state index in [0.29, 0.717) is 11.0 Å². The summed E-state index contributed by atoms with van der Waals surface area (Å²) < 4.78 is 71.1. The first-order chi connectivity index (χ1) is 12.6. The van der Waals surface area contributed by atoms with Crippen molar-refractivity contribution < 1.29 is 24.9 Å². The van der Waals surface area contributed by atoms with Gasteiger partial charge in [-0.3, -0.25) is 9.19 Å². The van der Waals surface area contributed by atoms with Crippen LogP contribution in [0.2, 0.25) is 0 Å². The van der Waals surface area contributed by atoms with Crippen molar-refractivity contribution in [3.8, 4) is 5.75 Å². The van der Waals surface area contributed by atoms with E-state index >= 15 is 0 Å². The molecule has 0 aliphatic rings. The number of para-hydroxylation sites is 2. The van der Waals surface area contributed by atoms with Crippen LogP contribution in [-0.2, 0) is 16.5 Å². The second-order valence-corrected chi connectivity index (χ2v) is 6.24. The van der Waals surface area contributed by atoms with Gasteiger partial charge < -0.3 is 9.72 Å². The quantitative estimate of drug-likeness (QED) is 0.745. The van der Waals surface area contributed by atoms with Crippen LogP contribution >= 0.6 is 0 Å². The van der Waals surface area contributed by atoms with E-state index in [1.807, 2.05) is 0 Å². The van der Waals surface area contributed by atoms with Gasteiger partial charge in [-0.15, -0.1) is 0 Å². The molecule has 0 saturated heterocycles. The summed E-state index contributed by atoms with van der Waals surface area (Å²) in [5.41, 5.74) is -1.64. The first-order valence-electron chi connectivity index (χ1n) is 8.12. The van der Waals surface area contributed by atoms with E-state index in [-0.39, 0.29) is 22.2 Å². The second-order valence-electron chi connectivity index (χ2n) is 5.12. The molecule has 1 unspecified atom stereocenters. The average molecular weight is 371 g/mol. The Labute approximate surface area is 146 Å². The highest BCUT2D eigenvalue weighted by Crippen LogP contribution is 2.24. The van der Waals surface area contributed by atoms with Crippen molar-refractivity contribution in [2.45, 2.75) is 24.0 Å². The number of ether oxygens (including phenoxy) is 1. The van der Waals surface area contributed by atoms with Crippen molar-refractivity contribution in [1.29, 1.82) is 0 Å². The number of pyridine rings is 1. The monoisotopic (exact) mass is 371 g/mol. The Bertz CT molecular complexity index is 975. The zero-order valence-corrected chi connectivity index (χ0v) is 13.7. The molecule has 0 aliphatic heterocycles. The predicted octanol–water partition coefficient (Wildman–Crippen LogP) is 3.52. The smallest absolute Gasteiger partial charge is 0.422 e. The largest absolute Gasteiger partial charge is 0.484 e. The van der Waals surface area contributed by atoms with Crippen molar-refractivity contribution in [3.05, 3.63) is 47.8 Å². The number of aromatic nitrogens is 3. The van der Waals surface area contributed by atoms with Crippen LogP contribution in [0.5, 0.6) is 5.75 Å².